The third kappa shape index (κ3) is 3.82. The average Bonchev–Trinajstić information content (AvgIpc) is 2.76. The molecule has 0 radical (unpaired) electrons. The molecule has 0 aromatic heterocycles. The number of hydrogen-bond donors (Lipinski definition) is 0. The number of nitrogens with zero attached hydrogens (tertiary/aromatic N) is 1. The minimum Gasteiger partial charge on any atom is -0.399 e. The van der Waals surface area contributed by atoms with Gasteiger partial charge in [-0.2, -0.15) is 0 Å². The summed E-state index contributed by atoms with van der Waals surface area (Å²) >= 11 is 0. The molecule has 2 rings (SSSR count). The van der Waals surface area contributed by atoms with Crippen LogP contribution in [0.15, 0.2) is 24.3 Å². The second-order valence-corrected chi connectivity index (χ2v) is 7.09. The Morgan fingerprint density at radius 3 is 2.12 bits per heavy atom. The molecule has 0 atom stereocenters. The molecule has 1 fully saturated rings. The lowest BCUT2D eigenvalue weighted by Crippen LogP contribution is -2.41. The van der Waals surface area contributed by atoms with E-state index in [-0.39, 0.29) is 17.1 Å². The Balaban J connectivity index is 2.10. The van der Waals surface area contributed by atoms with Crippen molar-refractivity contribution in [3.8, 4) is 0 Å². The first-order chi connectivity index (χ1) is 11.2. The highest BCUT2D eigenvalue weighted by atomic mass is 16.7. The molecule has 0 bridgehead atoms. The van der Waals surface area contributed by atoms with Gasteiger partial charge in [0.15, 0.2) is 0 Å². The van der Waals surface area contributed by atoms with Crippen LogP contribution in [0.4, 0.5) is 0 Å². The summed E-state index contributed by atoms with van der Waals surface area (Å²) in [5.41, 5.74) is 0.842. The van der Waals surface area contributed by atoms with Gasteiger partial charge in [-0.25, -0.2) is 0 Å². The SMILES string of the molecule is CCN(CCOC)C(=O)c1ccc(B2OC(C)(C)C(C)(C)O2)cc1. The van der Waals surface area contributed by atoms with Crippen molar-refractivity contribution in [3.63, 3.8) is 0 Å². The molecule has 1 amide bonds. The predicted molar refractivity (Wildman–Crippen MR) is 95.6 cm³/mol. The molecule has 1 heterocycles. The lowest BCUT2D eigenvalue weighted by molar-refractivity contribution is 0.00578. The largest absolute Gasteiger partial charge is 0.494 e. The Bertz CT molecular complexity index is 555. The van der Waals surface area contributed by atoms with Gasteiger partial charge in [-0.15, -0.1) is 0 Å². The molecule has 0 spiro atoms. The summed E-state index contributed by atoms with van der Waals surface area (Å²) in [6.07, 6.45) is 0. The van der Waals surface area contributed by atoms with E-state index >= 15 is 0 Å². The predicted octanol–water partition coefficient (Wildman–Crippen LogP) is 2.09. The van der Waals surface area contributed by atoms with Crippen LogP contribution in [0.1, 0.15) is 45.0 Å². The molecule has 24 heavy (non-hydrogen) atoms. The summed E-state index contributed by atoms with van der Waals surface area (Å²) in [6, 6.07) is 7.47. The van der Waals surface area contributed by atoms with E-state index in [4.69, 9.17) is 14.0 Å². The van der Waals surface area contributed by atoms with E-state index < -0.39 is 7.12 Å². The summed E-state index contributed by atoms with van der Waals surface area (Å²) in [4.78, 5) is 14.3. The zero-order chi connectivity index (χ0) is 18.0. The first-order valence-corrected chi connectivity index (χ1v) is 8.45. The molecule has 0 saturated carbocycles. The van der Waals surface area contributed by atoms with Crippen molar-refractivity contribution in [2.75, 3.05) is 26.8 Å². The third-order valence-corrected chi connectivity index (χ3v) is 4.92. The number of carbonyl (C=O) groups is 1. The zero-order valence-corrected chi connectivity index (χ0v) is 15.6. The van der Waals surface area contributed by atoms with E-state index in [1.165, 1.54) is 0 Å². The molecule has 1 aliphatic heterocycles. The molecular formula is C18H28BNO4. The van der Waals surface area contributed by atoms with Crippen LogP contribution in [0.5, 0.6) is 0 Å². The first kappa shape index (κ1) is 19.0. The Labute approximate surface area is 145 Å². The molecule has 6 heteroatoms. The highest BCUT2D eigenvalue weighted by molar-refractivity contribution is 6.62. The molecule has 1 aromatic carbocycles. The lowest BCUT2D eigenvalue weighted by atomic mass is 9.79. The molecule has 132 valence electrons. The van der Waals surface area contributed by atoms with E-state index in [2.05, 4.69) is 0 Å². The maximum absolute atomic E-state index is 12.5. The Morgan fingerprint density at radius 2 is 1.67 bits per heavy atom. The van der Waals surface area contributed by atoms with Gasteiger partial charge >= 0.3 is 7.12 Å². The van der Waals surface area contributed by atoms with Crippen LogP contribution >= 0.6 is 0 Å². The number of amides is 1. The van der Waals surface area contributed by atoms with Crippen LogP contribution < -0.4 is 5.46 Å². The van der Waals surface area contributed by atoms with Crippen molar-refractivity contribution in [2.45, 2.75) is 45.8 Å². The van der Waals surface area contributed by atoms with E-state index in [1.54, 1.807) is 12.0 Å². The summed E-state index contributed by atoms with van der Waals surface area (Å²) < 4.78 is 17.1. The fourth-order valence-electron chi connectivity index (χ4n) is 2.55. The van der Waals surface area contributed by atoms with Gasteiger partial charge in [0, 0.05) is 25.8 Å². The van der Waals surface area contributed by atoms with Crippen LogP contribution in [0, 0.1) is 0 Å². The van der Waals surface area contributed by atoms with Gasteiger partial charge in [-0.05, 0) is 52.2 Å². The number of carbonyl (C=O) groups excluding carboxylic acids is 1. The van der Waals surface area contributed by atoms with E-state index in [1.807, 2.05) is 58.9 Å². The quantitative estimate of drug-likeness (QED) is 0.748. The van der Waals surface area contributed by atoms with Crippen molar-refractivity contribution in [1.82, 2.24) is 4.90 Å². The van der Waals surface area contributed by atoms with Crippen molar-refractivity contribution in [1.29, 1.82) is 0 Å². The van der Waals surface area contributed by atoms with Gasteiger partial charge in [0.2, 0.25) is 0 Å². The second-order valence-electron chi connectivity index (χ2n) is 7.09. The summed E-state index contributed by atoms with van der Waals surface area (Å²) in [5, 5.41) is 0. The van der Waals surface area contributed by atoms with E-state index in [9.17, 15) is 4.79 Å². The molecule has 0 unspecified atom stereocenters. The molecule has 1 aliphatic rings. The van der Waals surface area contributed by atoms with Crippen molar-refractivity contribution in [2.24, 2.45) is 0 Å². The van der Waals surface area contributed by atoms with Gasteiger partial charge in [0.25, 0.3) is 5.91 Å². The monoisotopic (exact) mass is 333 g/mol. The molecular weight excluding hydrogens is 305 g/mol. The first-order valence-electron chi connectivity index (χ1n) is 8.45. The molecule has 1 aromatic rings. The summed E-state index contributed by atoms with van der Waals surface area (Å²) in [5.74, 6) is 0.00928. The maximum atomic E-state index is 12.5. The standard InChI is InChI=1S/C18H28BNO4/c1-7-20(12-13-22-6)16(21)14-8-10-15(11-9-14)19-23-17(2,3)18(4,5)24-19/h8-11H,7,12-13H2,1-6H3. The maximum Gasteiger partial charge on any atom is 0.494 e. The highest BCUT2D eigenvalue weighted by Crippen LogP contribution is 2.36. The topological polar surface area (TPSA) is 48.0 Å². The fraction of sp³-hybridized carbons (Fsp3) is 0.611. The molecule has 5 nitrogen and oxygen atoms in total. The average molecular weight is 333 g/mol. The third-order valence-electron chi connectivity index (χ3n) is 4.92. The van der Waals surface area contributed by atoms with Gasteiger partial charge in [-0.3, -0.25) is 4.79 Å². The van der Waals surface area contributed by atoms with Crippen LogP contribution in [0.3, 0.4) is 0 Å². The van der Waals surface area contributed by atoms with Crippen LogP contribution in [0.25, 0.3) is 0 Å². The Kier molecular flexibility index (Phi) is 5.73. The number of hydrogen-bond acceptors (Lipinski definition) is 4. The Hall–Kier alpha value is -1.37. The number of ether oxygens (including phenoxy) is 1. The van der Waals surface area contributed by atoms with Crippen LogP contribution in [-0.4, -0.2) is 55.9 Å². The van der Waals surface area contributed by atoms with Gasteiger partial charge < -0.3 is 18.9 Å². The number of methoxy groups -OCH3 is 1. The van der Waals surface area contributed by atoms with Gasteiger partial charge in [0.1, 0.15) is 0 Å². The smallest absolute Gasteiger partial charge is 0.399 e. The second kappa shape index (κ2) is 7.25. The van der Waals surface area contributed by atoms with E-state index in [0.29, 0.717) is 25.3 Å². The van der Waals surface area contributed by atoms with Crippen molar-refractivity contribution in [3.05, 3.63) is 29.8 Å². The normalized spacial score (nSPS) is 18.7. The van der Waals surface area contributed by atoms with E-state index in [0.717, 1.165) is 5.46 Å². The van der Waals surface area contributed by atoms with Crippen LogP contribution in [-0.2, 0) is 14.0 Å². The summed E-state index contributed by atoms with van der Waals surface area (Å²) in [6.45, 7) is 11.9. The number of benzene rings is 1. The number of likely N-dealkylation sites (N-methyl/N-ethyl adjacent to an activating group) is 1. The zero-order valence-electron chi connectivity index (χ0n) is 15.6. The minimum absolute atomic E-state index is 0.00928. The van der Waals surface area contributed by atoms with Gasteiger partial charge in [-0.1, -0.05) is 12.1 Å². The molecule has 0 N–H and O–H groups in total. The van der Waals surface area contributed by atoms with Crippen LogP contribution in [0.2, 0.25) is 0 Å². The Morgan fingerprint density at radius 1 is 1.12 bits per heavy atom. The summed E-state index contributed by atoms with van der Waals surface area (Å²) in [7, 11) is 1.23. The fourth-order valence-corrected chi connectivity index (χ4v) is 2.55. The lowest BCUT2D eigenvalue weighted by Gasteiger charge is -2.32. The minimum atomic E-state index is -0.407. The van der Waals surface area contributed by atoms with Crippen molar-refractivity contribution >= 4 is 18.5 Å². The molecule has 0 aliphatic carbocycles. The number of rotatable bonds is 6. The molecule has 1 saturated heterocycles. The van der Waals surface area contributed by atoms with Crippen molar-refractivity contribution < 1.29 is 18.8 Å². The van der Waals surface area contributed by atoms with Gasteiger partial charge in [0.05, 0.1) is 17.8 Å². The highest BCUT2D eigenvalue weighted by Gasteiger charge is 2.51.